The average Bonchev–Trinajstić information content (AvgIpc) is 2.86. The summed E-state index contributed by atoms with van der Waals surface area (Å²) in [4.78, 5) is 13.8. The summed E-state index contributed by atoms with van der Waals surface area (Å²) >= 11 is 5.94. The van der Waals surface area contributed by atoms with E-state index in [1.807, 2.05) is 19.1 Å². The zero-order valence-corrected chi connectivity index (χ0v) is 12.0. The molecule has 5 heteroatoms. The van der Waals surface area contributed by atoms with Crippen LogP contribution in [0.5, 0.6) is 0 Å². The number of benzene rings is 1. The summed E-state index contributed by atoms with van der Waals surface area (Å²) in [5, 5.41) is 3.50. The second-order valence-electron chi connectivity index (χ2n) is 5.00. The predicted octanol–water partition coefficient (Wildman–Crippen LogP) is 3.15. The Balaban J connectivity index is 1.93. The lowest BCUT2D eigenvalue weighted by molar-refractivity contribution is 0.175. The molecule has 1 N–H and O–H groups in total. The lowest BCUT2D eigenvalue weighted by Crippen LogP contribution is -2.35. The Labute approximate surface area is 118 Å². The van der Waals surface area contributed by atoms with Crippen LogP contribution in [0, 0.1) is 12.8 Å². The Morgan fingerprint density at radius 2 is 2.37 bits per heavy atom. The fourth-order valence-corrected chi connectivity index (χ4v) is 2.31. The summed E-state index contributed by atoms with van der Waals surface area (Å²) in [6.45, 7) is 4.20. The van der Waals surface area contributed by atoms with Crippen LogP contribution < -0.4 is 5.32 Å². The van der Waals surface area contributed by atoms with Crippen LogP contribution in [0.3, 0.4) is 0 Å². The zero-order valence-electron chi connectivity index (χ0n) is 11.3. The van der Waals surface area contributed by atoms with Gasteiger partial charge in [-0.1, -0.05) is 17.7 Å². The molecule has 0 aliphatic carbocycles. The number of carbonyl (C=O) groups excluding carboxylic acids is 1. The first-order valence-electron chi connectivity index (χ1n) is 6.42. The molecule has 1 atom stereocenters. The van der Waals surface area contributed by atoms with Gasteiger partial charge < -0.3 is 15.0 Å². The van der Waals surface area contributed by atoms with Gasteiger partial charge in [-0.05, 0) is 31.0 Å². The van der Waals surface area contributed by atoms with Crippen molar-refractivity contribution < 1.29 is 9.53 Å². The van der Waals surface area contributed by atoms with Crippen LogP contribution in [0.15, 0.2) is 18.2 Å². The molecular weight excluding hydrogens is 264 g/mol. The first-order valence-corrected chi connectivity index (χ1v) is 6.80. The van der Waals surface area contributed by atoms with E-state index in [0.29, 0.717) is 17.5 Å². The molecule has 1 saturated heterocycles. The highest BCUT2D eigenvalue weighted by atomic mass is 35.5. The summed E-state index contributed by atoms with van der Waals surface area (Å²) in [5.74, 6) is 0.441. The number of nitrogens with one attached hydrogen (secondary N) is 1. The number of amides is 2. The molecule has 0 bridgehead atoms. The minimum atomic E-state index is -0.114. The number of hydrogen-bond donors (Lipinski definition) is 1. The number of urea groups is 1. The molecule has 1 aromatic rings. The smallest absolute Gasteiger partial charge is 0.321 e. The van der Waals surface area contributed by atoms with Gasteiger partial charge in [0, 0.05) is 36.8 Å². The van der Waals surface area contributed by atoms with Gasteiger partial charge in [0.15, 0.2) is 0 Å². The molecule has 0 saturated carbocycles. The molecule has 1 fully saturated rings. The van der Waals surface area contributed by atoms with E-state index < -0.39 is 0 Å². The van der Waals surface area contributed by atoms with Crippen molar-refractivity contribution in [2.24, 2.45) is 5.92 Å². The predicted molar refractivity (Wildman–Crippen MR) is 76.8 cm³/mol. The molecule has 1 aliphatic heterocycles. The third kappa shape index (κ3) is 3.85. The molecule has 1 unspecified atom stereocenters. The molecule has 19 heavy (non-hydrogen) atoms. The first kappa shape index (κ1) is 14.2. The lowest BCUT2D eigenvalue weighted by Gasteiger charge is -2.21. The molecule has 2 rings (SSSR count). The number of carbonyl (C=O) groups is 1. The van der Waals surface area contributed by atoms with E-state index >= 15 is 0 Å². The number of hydrogen-bond acceptors (Lipinski definition) is 2. The molecule has 0 radical (unpaired) electrons. The van der Waals surface area contributed by atoms with Crippen LogP contribution >= 0.6 is 11.6 Å². The highest BCUT2D eigenvalue weighted by Crippen LogP contribution is 2.21. The first-order chi connectivity index (χ1) is 9.06. The van der Waals surface area contributed by atoms with Gasteiger partial charge in [0.1, 0.15) is 0 Å². The van der Waals surface area contributed by atoms with Crippen molar-refractivity contribution in [3.8, 4) is 0 Å². The van der Waals surface area contributed by atoms with Gasteiger partial charge >= 0.3 is 6.03 Å². The quantitative estimate of drug-likeness (QED) is 0.925. The highest BCUT2D eigenvalue weighted by Gasteiger charge is 2.20. The van der Waals surface area contributed by atoms with E-state index in [1.54, 1.807) is 18.0 Å². The van der Waals surface area contributed by atoms with E-state index in [4.69, 9.17) is 16.3 Å². The zero-order chi connectivity index (χ0) is 13.8. The molecule has 4 nitrogen and oxygen atoms in total. The maximum Gasteiger partial charge on any atom is 0.321 e. The summed E-state index contributed by atoms with van der Waals surface area (Å²) < 4.78 is 5.32. The summed E-state index contributed by atoms with van der Waals surface area (Å²) in [6, 6.07) is 5.35. The molecule has 1 heterocycles. The van der Waals surface area contributed by atoms with E-state index in [-0.39, 0.29) is 6.03 Å². The van der Waals surface area contributed by atoms with Gasteiger partial charge in [-0.2, -0.15) is 0 Å². The number of ether oxygens (including phenoxy) is 1. The average molecular weight is 283 g/mol. The van der Waals surface area contributed by atoms with E-state index in [0.717, 1.165) is 30.9 Å². The number of nitrogens with zero attached hydrogens (tertiary/aromatic N) is 1. The topological polar surface area (TPSA) is 41.6 Å². The summed E-state index contributed by atoms with van der Waals surface area (Å²) in [6.07, 6.45) is 1.02. The Morgan fingerprint density at radius 3 is 3.05 bits per heavy atom. The molecule has 0 spiro atoms. The van der Waals surface area contributed by atoms with Crippen molar-refractivity contribution in [1.82, 2.24) is 4.90 Å². The lowest BCUT2D eigenvalue weighted by atomic mass is 10.1. The fourth-order valence-electron chi connectivity index (χ4n) is 2.14. The largest absolute Gasteiger partial charge is 0.381 e. The van der Waals surface area contributed by atoms with Gasteiger partial charge in [0.05, 0.1) is 6.61 Å². The van der Waals surface area contributed by atoms with Crippen LogP contribution in [0.25, 0.3) is 0 Å². The van der Waals surface area contributed by atoms with Gasteiger partial charge in [-0.3, -0.25) is 0 Å². The Hall–Kier alpha value is -1.26. The molecule has 2 amide bonds. The Morgan fingerprint density at radius 1 is 1.58 bits per heavy atom. The minimum Gasteiger partial charge on any atom is -0.381 e. The molecule has 1 aromatic carbocycles. The van der Waals surface area contributed by atoms with Crippen LogP contribution in [0.1, 0.15) is 12.0 Å². The number of aryl methyl sites for hydroxylation is 1. The molecule has 1 aliphatic rings. The number of rotatable bonds is 3. The van der Waals surface area contributed by atoms with Crippen molar-refractivity contribution in [3.63, 3.8) is 0 Å². The molecule has 0 aromatic heterocycles. The summed E-state index contributed by atoms with van der Waals surface area (Å²) in [7, 11) is 1.80. The van der Waals surface area contributed by atoms with Crippen molar-refractivity contribution in [2.45, 2.75) is 13.3 Å². The van der Waals surface area contributed by atoms with Crippen molar-refractivity contribution >= 4 is 23.3 Å². The van der Waals surface area contributed by atoms with Gasteiger partial charge in [0.2, 0.25) is 0 Å². The maximum absolute atomic E-state index is 12.1. The number of halogens is 1. The van der Waals surface area contributed by atoms with Crippen molar-refractivity contribution in [2.75, 3.05) is 32.1 Å². The van der Waals surface area contributed by atoms with Gasteiger partial charge in [0.25, 0.3) is 0 Å². The van der Waals surface area contributed by atoms with Crippen LogP contribution in [0.4, 0.5) is 10.5 Å². The minimum absolute atomic E-state index is 0.114. The fraction of sp³-hybridized carbons (Fsp3) is 0.500. The van der Waals surface area contributed by atoms with Gasteiger partial charge in [-0.15, -0.1) is 0 Å². The molecule has 104 valence electrons. The summed E-state index contributed by atoms with van der Waals surface area (Å²) in [5.41, 5.74) is 1.75. The van der Waals surface area contributed by atoms with Crippen molar-refractivity contribution in [1.29, 1.82) is 0 Å². The third-order valence-electron chi connectivity index (χ3n) is 3.34. The van der Waals surface area contributed by atoms with Crippen LogP contribution in [-0.4, -0.2) is 37.7 Å². The monoisotopic (exact) mass is 282 g/mol. The van der Waals surface area contributed by atoms with Crippen molar-refractivity contribution in [3.05, 3.63) is 28.8 Å². The number of anilines is 1. The second-order valence-corrected chi connectivity index (χ2v) is 5.44. The third-order valence-corrected chi connectivity index (χ3v) is 3.58. The van der Waals surface area contributed by atoms with E-state index in [1.165, 1.54) is 0 Å². The SMILES string of the molecule is Cc1ccc(Cl)cc1NC(=O)N(C)CC1CCOC1. The Bertz CT molecular complexity index is 459. The van der Waals surface area contributed by atoms with Gasteiger partial charge in [-0.25, -0.2) is 4.79 Å². The Kier molecular flexibility index (Phi) is 4.66. The van der Waals surface area contributed by atoms with Crippen LogP contribution in [-0.2, 0) is 4.74 Å². The normalized spacial score (nSPS) is 18.4. The standard InChI is InChI=1S/C14H19ClN2O2/c1-10-3-4-12(15)7-13(10)16-14(18)17(2)8-11-5-6-19-9-11/h3-4,7,11H,5-6,8-9H2,1-2H3,(H,16,18). The van der Waals surface area contributed by atoms with E-state index in [2.05, 4.69) is 5.32 Å². The van der Waals surface area contributed by atoms with E-state index in [9.17, 15) is 4.79 Å². The maximum atomic E-state index is 12.1. The second kappa shape index (κ2) is 6.26. The van der Waals surface area contributed by atoms with Crippen LogP contribution in [0.2, 0.25) is 5.02 Å². The highest BCUT2D eigenvalue weighted by molar-refractivity contribution is 6.31. The molecular formula is C14H19ClN2O2.